The molecule has 1 aliphatic rings. The Bertz CT molecular complexity index is 1250. The van der Waals surface area contributed by atoms with Gasteiger partial charge in [0, 0.05) is 29.2 Å². The molecule has 2 aromatic carbocycles. The van der Waals surface area contributed by atoms with Crippen molar-refractivity contribution in [3.8, 4) is 0 Å². The summed E-state index contributed by atoms with van der Waals surface area (Å²) in [6.07, 6.45) is 3.95. The summed E-state index contributed by atoms with van der Waals surface area (Å²) in [7, 11) is 0. The Hall–Kier alpha value is -3.39. The standard InChI is InChI=1S/C25H23FN2O4S/c1-3-16(2)32-23(29)15-28-24(30)22(33-25(28)31)12-18-14-27(21-7-5-4-6-20(18)21)13-17-8-10-19(26)11-9-17/h4-12,14,16H,3,13,15H2,1-2H3/b22-12-/t16-/m0/s1. The topological polar surface area (TPSA) is 68.6 Å². The highest BCUT2D eigenvalue weighted by Crippen LogP contribution is 2.34. The van der Waals surface area contributed by atoms with E-state index in [0.29, 0.717) is 13.0 Å². The molecule has 3 aromatic rings. The van der Waals surface area contributed by atoms with Crippen LogP contribution in [-0.2, 0) is 20.9 Å². The molecule has 4 rings (SSSR count). The molecule has 0 aliphatic carbocycles. The van der Waals surface area contributed by atoms with Gasteiger partial charge < -0.3 is 9.30 Å². The van der Waals surface area contributed by atoms with Crippen LogP contribution >= 0.6 is 11.8 Å². The molecule has 170 valence electrons. The number of aromatic nitrogens is 1. The average molecular weight is 467 g/mol. The zero-order valence-electron chi connectivity index (χ0n) is 18.3. The number of carbonyl (C=O) groups is 3. The highest BCUT2D eigenvalue weighted by Gasteiger charge is 2.37. The number of ether oxygens (including phenoxy) is 1. The minimum Gasteiger partial charge on any atom is -0.461 e. The summed E-state index contributed by atoms with van der Waals surface area (Å²) < 4.78 is 20.5. The van der Waals surface area contributed by atoms with Gasteiger partial charge in [0.25, 0.3) is 11.1 Å². The van der Waals surface area contributed by atoms with Crippen molar-refractivity contribution in [1.29, 1.82) is 0 Å². The van der Waals surface area contributed by atoms with Crippen LogP contribution in [0.4, 0.5) is 9.18 Å². The van der Waals surface area contributed by atoms with E-state index >= 15 is 0 Å². The number of esters is 1. The van der Waals surface area contributed by atoms with Gasteiger partial charge in [-0.3, -0.25) is 19.3 Å². The third-order valence-corrected chi connectivity index (χ3v) is 6.35. The summed E-state index contributed by atoms with van der Waals surface area (Å²) in [5.74, 6) is -1.41. The molecule has 8 heteroatoms. The maximum Gasteiger partial charge on any atom is 0.326 e. The van der Waals surface area contributed by atoms with E-state index in [-0.39, 0.29) is 16.8 Å². The number of hydrogen-bond acceptors (Lipinski definition) is 5. The van der Waals surface area contributed by atoms with Crippen molar-refractivity contribution in [1.82, 2.24) is 9.47 Å². The van der Waals surface area contributed by atoms with Gasteiger partial charge in [0.1, 0.15) is 12.4 Å². The van der Waals surface area contributed by atoms with Crippen molar-refractivity contribution in [2.45, 2.75) is 32.9 Å². The van der Waals surface area contributed by atoms with Crippen molar-refractivity contribution in [3.63, 3.8) is 0 Å². The molecule has 6 nitrogen and oxygen atoms in total. The fourth-order valence-electron chi connectivity index (χ4n) is 3.56. The number of amides is 2. The largest absolute Gasteiger partial charge is 0.461 e. The van der Waals surface area contributed by atoms with Gasteiger partial charge in [-0.1, -0.05) is 37.3 Å². The zero-order chi connectivity index (χ0) is 23.5. The number of hydrogen-bond donors (Lipinski definition) is 0. The lowest BCUT2D eigenvalue weighted by Crippen LogP contribution is -2.35. The Morgan fingerprint density at radius 3 is 2.61 bits per heavy atom. The predicted molar refractivity (Wildman–Crippen MR) is 126 cm³/mol. The molecular weight excluding hydrogens is 443 g/mol. The Balaban J connectivity index is 1.60. The Morgan fingerprint density at radius 1 is 1.15 bits per heavy atom. The Kier molecular flexibility index (Phi) is 6.65. The fraction of sp³-hybridized carbons (Fsp3) is 0.240. The van der Waals surface area contributed by atoms with E-state index in [1.807, 2.05) is 42.0 Å². The van der Waals surface area contributed by atoms with Crippen molar-refractivity contribution >= 4 is 45.9 Å². The average Bonchev–Trinajstić information content (AvgIpc) is 3.27. The Labute approximate surface area is 195 Å². The van der Waals surface area contributed by atoms with Crippen LogP contribution in [0.3, 0.4) is 0 Å². The number of halogens is 1. The van der Waals surface area contributed by atoms with Crippen LogP contribution in [0.15, 0.2) is 59.6 Å². The van der Waals surface area contributed by atoms with Crippen molar-refractivity contribution in [2.75, 3.05) is 6.54 Å². The van der Waals surface area contributed by atoms with E-state index in [2.05, 4.69) is 0 Å². The van der Waals surface area contributed by atoms with Gasteiger partial charge in [-0.25, -0.2) is 4.39 Å². The molecule has 0 N–H and O–H groups in total. The quantitative estimate of drug-likeness (QED) is 0.353. The monoisotopic (exact) mass is 466 g/mol. The second-order valence-electron chi connectivity index (χ2n) is 7.83. The first-order valence-electron chi connectivity index (χ1n) is 10.6. The van der Waals surface area contributed by atoms with Crippen LogP contribution in [0.25, 0.3) is 17.0 Å². The molecule has 2 amide bonds. The second kappa shape index (κ2) is 9.62. The molecule has 0 unspecified atom stereocenters. The van der Waals surface area contributed by atoms with Crippen molar-refractivity contribution in [3.05, 3.63) is 76.6 Å². The number of rotatable bonds is 7. The molecule has 2 heterocycles. The highest BCUT2D eigenvalue weighted by atomic mass is 32.2. The third-order valence-electron chi connectivity index (χ3n) is 5.44. The fourth-order valence-corrected chi connectivity index (χ4v) is 4.39. The zero-order valence-corrected chi connectivity index (χ0v) is 19.1. The molecule has 1 atom stereocenters. The number of benzene rings is 2. The summed E-state index contributed by atoms with van der Waals surface area (Å²) in [5, 5.41) is 0.421. The van der Waals surface area contributed by atoms with Gasteiger partial charge in [-0.15, -0.1) is 0 Å². The highest BCUT2D eigenvalue weighted by molar-refractivity contribution is 8.18. The summed E-state index contributed by atoms with van der Waals surface area (Å²) in [4.78, 5) is 38.5. The van der Waals surface area contributed by atoms with E-state index in [1.54, 1.807) is 25.1 Å². The summed E-state index contributed by atoms with van der Waals surface area (Å²) in [6.45, 7) is 3.76. The molecule has 0 spiro atoms. The van der Waals surface area contributed by atoms with Gasteiger partial charge in [0.15, 0.2) is 0 Å². The molecular formula is C25H23FN2O4S. The van der Waals surface area contributed by atoms with Gasteiger partial charge >= 0.3 is 5.97 Å². The first kappa shape index (κ1) is 22.8. The van der Waals surface area contributed by atoms with Gasteiger partial charge in [0.05, 0.1) is 11.0 Å². The van der Waals surface area contributed by atoms with E-state index in [9.17, 15) is 18.8 Å². The van der Waals surface area contributed by atoms with Crippen LogP contribution in [0.2, 0.25) is 0 Å². The lowest BCUT2D eigenvalue weighted by molar-refractivity contribution is -0.150. The van der Waals surface area contributed by atoms with E-state index in [4.69, 9.17) is 4.74 Å². The van der Waals surface area contributed by atoms with E-state index in [0.717, 1.165) is 38.7 Å². The number of imide groups is 1. The SMILES string of the molecule is CC[C@H](C)OC(=O)CN1C(=O)S/C(=C\c2cn(Cc3ccc(F)cc3)c3ccccc23)C1=O. The molecule has 0 bridgehead atoms. The van der Waals surface area contributed by atoms with Crippen molar-refractivity contribution < 1.29 is 23.5 Å². The third kappa shape index (κ3) is 5.01. The van der Waals surface area contributed by atoms with Gasteiger partial charge in [-0.2, -0.15) is 0 Å². The van der Waals surface area contributed by atoms with E-state index < -0.39 is 23.7 Å². The van der Waals surface area contributed by atoms with Gasteiger partial charge in [-0.05, 0) is 54.9 Å². The number of nitrogens with zero attached hydrogens (tertiary/aromatic N) is 2. The number of carbonyl (C=O) groups excluding carboxylic acids is 3. The lowest BCUT2D eigenvalue weighted by Gasteiger charge is -2.14. The minimum atomic E-state index is -0.608. The molecule has 1 aliphatic heterocycles. The minimum absolute atomic E-state index is 0.251. The van der Waals surface area contributed by atoms with Crippen LogP contribution in [-0.4, -0.2) is 39.2 Å². The van der Waals surface area contributed by atoms with Crippen LogP contribution in [0.1, 0.15) is 31.4 Å². The molecule has 1 aromatic heterocycles. The molecule has 33 heavy (non-hydrogen) atoms. The normalized spacial score (nSPS) is 16.1. The molecule has 1 fully saturated rings. The first-order chi connectivity index (χ1) is 15.9. The molecule has 1 saturated heterocycles. The smallest absolute Gasteiger partial charge is 0.326 e. The molecule has 0 radical (unpaired) electrons. The number of fused-ring (bicyclic) bond motifs is 1. The van der Waals surface area contributed by atoms with Crippen LogP contribution < -0.4 is 0 Å². The van der Waals surface area contributed by atoms with Crippen LogP contribution in [0, 0.1) is 5.82 Å². The lowest BCUT2D eigenvalue weighted by atomic mass is 10.1. The van der Waals surface area contributed by atoms with E-state index in [1.165, 1.54) is 12.1 Å². The van der Waals surface area contributed by atoms with Crippen LogP contribution in [0.5, 0.6) is 0 Å². The summed E-state index contributed by atoms with van der Waals surface area (Å²) in [5.41, 5.74) is 2.66. The Morgan fingerprint density at radius 2 is 1.88 bits per heavy atom. The first-order valence-corrected chi connectivity index (χ1v) is 11.4. The van der Waals surface area contributed by atoms with Crippen molar-refractivity contribution in [2.24, 2.45) is 0 Å². The number of para-hydroxylation sites is 1. The number of thioether (sulfide) groups is 1. The summed E-state index contributed by atoms with van der Waals surface area (Å²) >= 11 is 0.806. The predicted octanol–water partition coefficient (Wildman–Crippen LogP) is 5.21. The summed E-state index contributed by atoms with van der Waals surface area (Å²) in [6, 6.07) is 14.0. The maximum atomic E-state index is 13.3. The molecule has 0 saturated carbocycles. The second-order valence-corrected chi connectivity index (χ2v) is 8.83. The van der Waals surface area contributed by atoms with Gasteiger partial charge in [0.2, 0.25) is 0 Å². The maximum absolute atomic E-state index is 13.3.